The summed E-state index contributed by atoms with van der Waals surface area (Å²) in [5.41, 5.74) is -0.564. The molecule has 0 radical (unpaired) electrons. The van der Waals surface area contributed by atoms with Crippen LogP contribution < -0.4 is 15.4 Å². The van der Waals surface area contributed by atoms with Crippen LogP contribution in [0.2, 0.25) is 0 Å². The van der Waals surface area contributed by atoms with Crippen molar-refractivity contribution < 1.29 is 32.6 Å². The number of hydrogen-bond acceptors (Lipinski definition) is 5. The number of nitrogens with one attached hydrogen (secondary N) is 2. The molecule has 2 rings (SSSR count). The molecule has 1 aliphatic carbocycles. The average Bonchev–Trinajstić information content (AvgIpc) is 3.29. The second kappa shape index (κ2) is 13.2. The van der Waals surface area contributed by atoms with Crippen molar-refractivity contribution in [1.29, 1.82) is 0 Å². The molecule has 190 valence electrons. The molecule has 1 aromatic carbocycles. The standard InChI is InChI=1S/C25H36F2N2O5/c1-25(2,3)34-24(32)28-14-8-4-5-11-20(29-23(31)17-9-6-7-10-17)21(30)16-33-22-15-18(26)12-13-19(22)27/h12-13,15,17,20H,4-11,14,16H2,1-3H3,(H,28,32)(H,29,31)/t20-/m0/s1. The van der Waals surface area contributed by atoms with Gasteiger partial charge in [0, 0.05) is 18.5 Å². The molecule has 0 aromatic heterocycles. The van der Waals surface area contributed by atoms with Crippen molar-refractivity contribution >= 4 is 17.8 Å². The molecule has 34 heavy (non-hydrogen) atoms. The molecule has 2 N–H and O–H groups in total. The second-order valence-electron chi connectivity index (χ2n) is 9.65. The van der Waals surface area contributed by atoms with Gasteiger partial charge >= 0.3 is 6.09 Å². The van der Waals surface area contributed by atoms with Crippen LogP contribution >= 0.6 is 0 Å². The Hall–Kier alpha value is -2.71. The van der Waals surface area contributed by atoms with E-state index < -0.39 is 41.8 Å². The number of carbonyl (C=O) groups is 3. The van der Waals surface area contributed by atoms with Gasteiger partial charge < -0.3 is 20.1 Å². The predicted octanol–water partition coefficient (Wildman–Crippen LogP) is 4.67. The third kappa shape index (κ3) is 10.1. The number of carbonyl (C=O) groups excluding carboxylic acids is 3. The summed E-state index contributed by atoms with van der Waals surface area (Å²) < 4.78 is 37.5. The van der Waals surface area contributed by atoms with E-state index in [4.69, 9.17) is 9.47 Å². The molecule has 0 heterocycles. The van der Waals surface area contributed by atoms with Gasteiger partial charge in [-0.15, -0.1) is 0 Å². The number of alkyl carbamates (subject to hydrolysis) is 1. The van der Waals surface area contributed by atoms with Crippen molar-refractivity contribution in [2.24, 2.45) is 5.92 Å². The number of ether oxygens (including phenoxy) is 2. The summed E-state index contributed by atoms with van der Waals surface area (Å²) in [4.78, 5) is 37.0. The Balaban J connectivity index is 1.83. The lowest BCUT2D eigenvalue weighted by Gasteiger charge is -2.21. The van der Waals surface area contributed by atoms with Crippen molar-refractivity contribution in [2.75, 3.05) is 13.2 Å². The number of amides is 2. The maximum Gasteiger partial charge on any atom is 0.407 e. The SMILES string of the molecule is CC(C)(C)OC(=O)NCCCCC[C@H](NC(=O)C1CCCC1)C(=O)COc1cc(F)ccc1F. The number of Topliss-reactive ketones (excluding diaryl/α,β-unsaturated/α-hetero) is 1. The third-order valence-electron chi connectivity index (χ3n) is 5.53. The van der Waals surface area contributed by atoms with Gasteiger partial charge in [0.25, 0.3) is 0 Å². The van der Waals surface area contributed by atoms with E-state index in [0.29, 0.717) is 25.8 Å². The van der Waals surface area contributed by atoms with Crippen molar-refractivity contribution in [2.45, 2.75) is 83.8 Å². The normalized spacial score (nSPS) is 15.0. The topological polar surface area (TPSA) is 93.7 Å². The van der Waals surface area contributed by atoms with Crippen molar-refractivity contribution in [1.82, 2.24) is 10.6 Å². The lowest BCUT2D eigenvalue weighted by molar-refractivity contribution is -0.131. The monoisotopic (exact) mass is 482 g/mol. The van der Waals surface area contributed by atoms with Gasteiger partial charge in [-0.2, -0.15) is 0 Å². The lowest BCUT2D eigenvalue weighted by atomic mass is 10.0. The third-order valence-corrected chi connectivity index (χ3v) is 5.53. The first kappa shape index (κ1) is 27.5. The number of benzene rings is 1. The van der Waals surface area contributed by atoms with Crippen LogP contribution in [0.15, 0.2) is 18.2 Å². The zero-order chi connectivity index (χ0) is 25.1. The Morgan fingerprint density at radius 2 is 1.79 bits per heavy atom. The van der Waals surface area contributed by atoms with Gasteiger partial charge in [0.1, 0.15) is 18.0 Å². The zero-order valence-corrected chi connectivity index (χ0v) is 20.3. The molecule has 1 aliphatic rings. The van der Waals surface area contributed by atoms with Crippen LogP contribution in [0.4, 0.5) is 13.6 Å². The van der Waals surface area contributed by atoms with Gasteiger partial charge in [0.2, 0.25) is 5.91 Å². The van der Waals surface area contributed by atoms with Gasteiger partial charge in [-0.1, -0.05) is 25.7 Å². The number of ketones is 1. The summed E-state index contributed by atoms with van der Waals surface area (Å²) in [5, 5.41) is 5.51. The maximum absolute atomic E-state index is 13.8. The number of hydrogen-bond donors (Lipinski definition) is 2. The molecule has 9 heteroatoms. The van der Waals surface area contributed by atoms with Crippen LogP contribution in [-0.2, 0) is 14.3 Å². The Morgan fingerprint density at radius 1 is 1.09 bits per heavy atom. The summed E-state index contributed by atoms with van der Waals surface area (Å²) >= 11 is 0. The minimum atomic E-state index is -0.775. The highest BCUT2D eigenvalue weighted by Gasteiger charge is 2.27. The van der Waals surface area contributed by atoms with Crippen molar-refractivity contribution in [3.63, 3.8) is 0 Å². The van der Waals surface area contributed by atoms with Gasteiger partial charge in [-0.05, 0) is 58.6 Å². The Kier molecular flexibility index (Phi) is 10.7. The highest BCUT2D eigenvalue weighted by molar-refractivity contribution is 5.90. The van der Waals surface area contributed by atoms with E-state index in [-0.39, 0.29) is 17.6 Å². The predicted molar refractivity (Wildman–Crippen MR) is 123 cm³/mol. The highest BCUT2D eigenvalue weighted by atomic mass is 19.1. The summed E-state index contributed by atoms with van der Waals surface area (Å²) in [6.45, 7) is 5.32. The summed E-state index contributed by atoms with van der Waals surface area (Å²) in [7, 11) is 0. The molecule has 1 atom stereocenters. The molecular formula is C25H36F2N2O5. The fourth-order valence-electron chi connectivity index (χ4n) is 3.78. The van der Waals surface area contributed by atoms with Crippen LogP contribution in [0.3, 0.4) is 0 Å². The van der Waals surface area contributed by atoms with E-state index in [1.54, 1.807) is 20.8 Å². The average molecular weight is 483 g/mol. The van der Waals surface area contributed by atoms with Crippen molar-refractivity contribution in [3.05, 3.63) is 29.8 Å². The smallest absolute Gasteiger partial charge is 0.407 e. The van der Waals surface area contributed by atoms with E-state index in [2.05, 4.69) is 10.6 Å². The number of unbranched alkanes of at least 4 members (excludes halogenated alkanes) is 2. The lowest BCUT2D eigenvalue weighted by Crippen LogP contribution is -2.45. The van der Waals surface area contributed by atoms with Crippen LogP contribution in [0.25, 0.3) is 0 Å². The van der Waals surface area contributed by atoms with Gasteiger partial charge in [-0.3, -0.25) is 9.59 Å². The fraction of sp³-hybridized carbons (Fsp3) is 0.640. The first-order valence-electron chi connectivity index (χ1n) is 11.9. The Bertz CT molecular complexity index is 835. The van der Waals surface area contributed by atoms with Gasteiger partial charge in [0.15, 0.2) is 17.3 Å². The Morgan fingerprint density at radius 3 is 2.47 bits per heavy atom. The number of rotatable bonds is 12. The zero-order valence-electron chi connectivity index (χ0n) is 20.3. The van der Waals surface area contributed by atoms with E-state index in [1.807, 2.05) is 0 Å². The molecule has 0 spiro atoms. The molecule has 1 aromatic rings. The molecule has 1 fully saturated rings. The molecule has 0 aliphatic heterocycles. The number of halogens is 2. The first-order chi connectivity index (χ1) is 16.0. The second-order valence-corrected chi connectivity index (χ2v) is 9.65. The summed E-state index contributed by atoms with van der Waals surface area (Å²) in [6, 6.07) is 2.00. The molecule has 7 nitrogen and oxygen atoms in total. The van der Waals surface area contributed by atoms with E-state index in [0.717, 1.165) is 50.3 Å². The molecule has 0 saturated heterocycles. The van der Waals surface area contributed by atoms with Gasteiger partial charge in [0.05, 0.1) is 6.04 Å². The van der Waals surface area contributed by atoms with Gasteiger partial charge in [-0.25, -0.2) is 13.6 Å². The molecule has 0 bridgehead atoms. The van der Waals surface area contributed by atoms with E-state index in [9.17, 15) is 23.2 Å². The quantitative estimate of drug-likeness (QED) is 0.422. The summed E-state index contributed by atoms with van der Waals surface area (Å²) in [5.74, 6) is -2.44. The summed E-state index contributed by atoms with van der Waals surface area (Å²) in [6.07, 6.45) is 5.52. The highest BCUT2D eigenvalue weighted by Crippen LogP contribution is 2.25. The van der Waals surface area contributed by atoms with Crippen molar-refractivity contribution in [3.8, 4) is 5.75 Å². The van der Waals surface area contributed by atoms with Crippen LogP contribution in [0.5, 0.6) is 5.75 Å². The Labute approximate surface area is 200 Å². The van der Waals surface area contributed by atoms with Crippen LogP contribution in [0.1, 0.15) is 72.1 Å². The minimum absolute atomic E-state index is 0.102. The molecule has 1 saturated carbocycles. The first-order valence-corrected chi connectivity index (χ1v) is 11.9. The fourth-order valence-corrected chi connectivity index (χ4v) is 3.78. The largest absolute Gasteiger partial charge is 0.483 e. The molecule has 2 amide bonds. The van der Waals surface area contributed by atoms with E-state index in [1.165, 1.54) is 0 Å². The van der Waals surface area contributed by atoms with Crippen LogP contribution in [-0.4, -0.2) is 42.6 Å². The molecular weight excluding hydrogens is 446 g/mol. The van der Waals surface area contributed by atoms with E-state index >= 15 is 0 Å². The van der Waals surface area contributed by atoms with Crippen LogP contribution in [0, 0.1) is 17.6 Å². The molecule has 0 unspecified atom stereocenters. The maximum atomic E-state index is 13.8. The minimum Gasteiger partial charge on any atom is -0.483 e.